The second kappa shape index (κ2) is 16.0. The number of hydrogen-bond donors (Lipinski definition) is 1. The summed E-state index contributed by atoms with van der Waals surface area (Å²) in [7, 11) is 0. The van der Waals surface area contributed by atoms with Gasteiger partial charge >= 0.3 is 0 Å². The number of thiazole rings is 1. The second-order valence-electron chi connectivity index (χ2n) is 17.9. The Kier molecular flexibility index (Phi) is 11.1. The average Bonchev–Trinajstić information content (AvgIpc) is 3.63. The summed E-state index contributed by atoms with van der Waals surface area (Å²) < 4.78 is 8.31. The highest BCUT2D eigenvalue weighted by atomic mass is 32.1. The van der Waals surface area contributed by atoms with Crippen LogP contribution in [0, 0.1) is 28.6 Å². The summed E-state index contributed by atoms with van der Waals surface area (Å²) in [6, 6.07) is 9.18. The molecule has 300 valence electrons. The molecule has 5 aliphatic rings. The summed E-state index contributed by atoms with van der Waals surface area (Å²) in [5, 5.41) is 10.8. The average molecular weight is 784 g/mol. The molecule has 1 N–H and O–H groups in total. The Hall–Kier alpha value is -4.10. The summed E-state index contributed by atoms with van der Waals surface area (Å²) >= 11 is 1.66. The highest BCUT2D eigenvalue weighted by molar-refractivity contribution is 7.09. The number of nitrogens with one attached hydrogen (secondary N) is 1. The van der Waals surface area contributed by atoms with E-state index >= 15 is 0 Å². The van der Waals surface area contributed by atoms with Crippen molar-refractivity contribution in [1.29, 1.82) is 0 Å². The zero-order valence-corrected chi connectivity index (χ0v) is 33.9. The highest BCUT2D eigenvalue weighted by Gasteiger charge is 2.66. The summed E-state index contributed by atoms with van der Waals surface area (Å²) in [6.07, 6.45) is 13.3. The first-order chi connectivity index (χ1) is 27.0. The minimum atomic E-state index is -1.05. The van der Waals surface area contributed by atoms with Crippen molar-refractivity contribution in [3.05, 3.63) is 70.4 Å². The largest absolute Gasteiger partial charge is 0.376 e. The standard InChI is InChI=1S/C43H57N7O5S/c1-29(55-26-31-12-8-5-9-13-31)36(40(53)47-17-14-33(15-18-47)38-44-16-19-56-38)46-37(51)35-25-48(22-32-21-45-50(24-32)23-30-10-6-4-7-11-30)41(54)43(35)27-49(28-43)39(52)34-20-42(34,2)3/h4,6-7,10-11,16,19,21,24,29,31,33-36H,5,8-9,12-15,17-18,20,22-23,25-28H2,1-3H3,(H,46,51)/t29-,34-,35+,36+/m1/s1. The predicted molar refractivity (Wildman–Crippen MR) is 212 cm³/mol. The number of amides is 4. The molecule has 0 radical (unpaired) electrons. The van der Waals surface area contributed by atoms with Gasteiger partial charge in [-0.25, -0.2) is 4.98 Å². The number of hydrogen-bond acceptors (Lipinski definition) is 8. The molecule has 2 aromatic heterocycles. The molecule has 3 saturated heterocycles. The maximum atomic E-state index is 14.7. The van der Waals surface area contributed by atoms with Crippen LogP contribution >= 0.6 is 11.3 Å². The second-order valence-corrected chi connectivity index (χ2v) is 18.8. The van der Waals surface area contributed by atoms with Crippen LogP contribution in [0.3, 0.4) is 0 Å². The van der Waals surface area contributed by atoms with Crippen molar-refractivity contribution in [2.45, 2.75) is 103 Å². The number of aromatic nitrogens is 3. The number of piperidine rings is 1. The molecule has 5 fully saturated rings. The van der Waals surface area contributed by atoms with Crippen molar-refractivity contribution in [2.75, 3.05) is 39.3 Å². The molecule has 0 bridgehead atoms. The van der Waals surface area contributed by atoms with Gasteiger partial charge in [-0.1, -0.05) is 63.4 Å². The lowest BCUT2D eigenvalue weighted by molar-refractivity contribution is -0.162. The van der Waals surface area contributed by atoms with Gasteiger partial charge in [0.15, 0.2) is 0 Å². The molecule has 2 aliphatic carbocycles. The SMILES string of the molecule is C[C@@H](OCC1CCCCC1)[C@H](NC(=O)[C@@H]1CN(Cc2cnn(Cc3ccccc3)c2)C(=O)C12CN(C(=O)[C@H]1CC1(C)C)C2)C(=O)N1CCC(c2nccs2)CC1. The Morgan fingerprint density at radius 2 is 1.70 bits per heavy atom. The number of carbonyl (C=O) groups excluding carboxylic acids is 4. The van der Waals surface area contributed by atoms with Gasteiger partial charge in [0.05, 0.1) is 35.2 Å². The van der Waals surface area contributed by atoms with Gasteiger partial charge in [-0.3, -0.25) is 23.9 Å². The van der Waals surface area contributed by atoms with E-state index < -0.39 is 23.5 Å². The number of nitrogens with zero attached hydrogens (tertiary/aromatic N) is 6. The Balaban J connectivity index is 0.997. The number of carbonyl (C=O) groups is 4. The van der Waals surface area contributed by atoms with Crippen molar-refractivity contribution in [1.82, 2.24) is 34.8 Å². The lowest BCUT2D eigenvalue weighted by atomic mass is 9.70. The summed E-state index contributed by atoms with van der Waals surface area (Å²) in [5.41, 5.74) is 0.901. The lowest BCUT2D eigenvalue weighted by Crippen LogP contribution is -2.67. The maximum absolute atomic E-state index is 14.7. The molecule has 0 unspecified atom stereocenters. The van der Waals surface area contributed by atoms with Gasteiger partial charge in [0.1, 0.15) is 6.04 Å². The molecule has 8 rings (SSSR count). The number of ether oxygens (including phenoxy) is 1. The topological polar surface area (TPSA) is 130 Å². The van der Waals surface area contributed by atoms with Crippen molar-refractivity contribution in [3.63, 3.8) is 0 Å². The first-order valence-electron chi connectivity index (χ1n) is 20.7. The highest BCUT2D eigenvalue weighted by Crippen LogP contribution is 2.55. The van der Waals surface area contributed by atoms with Crippen LogP contribution in [0.4, 0.5) is 0 Å². The summed E-state index contributed by atoms with van der Waals surface area (Å²) in [4.78, 5) is 67.0. The Labute approximate surface area is 334 Å². The van der Waals surface area contributed by atoms with Crippen LogP contribution in [-0.4, -0.2) is 105 Å². The zero-order valence-electron chi connectivity index (χ0n) is 33.1. The third kappa shape index (κ3) is 8.03. The van der Waals surface area contributed by atoms with Crippen LogP contribution in [0.1, 0.15) is 94.2 Å². The van der Waals surface area contributed by atoms with E-state index in [1.807, 2.05) is 52.5 Å². The normalized spacial score (nSPS) is 24.6. The van der Waals surface area contributed by atoms with Crippen molar-refractivity contribution in [3.8, 4) is 0 Å². The first-order valence-corrected chi connectivity index (χ1v) is 21.6. The lowest BCUT2D eigenvalue weighted by Gasteiger charge is -2.49. The van der Waals surface area contributed by atoms with E-state index in [1.165, 1.54) is 19.3 Å². The van der Waals surface area contributed by atoms with Gasteiger partial charge in [0.25, 0.3) is 0 Å². The molecule has 12 nitrogen and oxygen atoms in total. The monoisotopic (exact) mass is 783 g/mol. The van der Waals surface area contributed by atoms with E-state index in [9.17, 15) is 19.2 Å². The minimum Gasteiger partial charge on any atom is -0.376 e. The molecule has 5 heterocycles. The van der Waals surface area contributed by atoms with E-state index in [0.29, 0.717) is 44.6 Å². The van der Waals surface area contributed by atoms with Crippen LogP contribution in [-0.2, 0) is 37.0 Å². The van der Waals surface area contributed by atoms with E-state index in [0.717, 1.165) is 48.2 Å². The molecule has 13 heteroatoms. The van der Waals surface area contributed by atoms with Gasteiger partial charge in [0, 0.05) is 81.0 Å². The van der Waals surface area contributed by atoms with Gasteiger partial charge in [-0.05, 0) is 55.9 Å². The fraction of sp³-hybridized carbons (Fsp3) is 0.628. The molecule has 2 saturated carbocycles. The Bertz CT molecular complexity index is 1860. The number of benzene rings is 1. The van der Waals surface area contributed by atoms with E-state index in [4.69, 9.17) is 4.74 Å². The van der Waals surface area contributed by atoms with Gasteiger partial charge in [-0.15, -0.1) is 11.3 Å². The van der Waals surface area contributed by atoms with E-state index in [-0.39, 0.29) is 54.6 Å². The van der Waals surface area contributed by atoms with Crippen LogP contribution in [0.5, 0.6) is 0 Å². The van der Waals surface area contributed by atoms with Crippen molar-refractivity contribution in [2.24, 2.45) is 28.6 Å². The number of likely N-dealkylation sites (tertiary alicyclic amines) is 3. The van der Waals surface area contributed by atoms with Crippen LogP contribution in [0.15, 0.2) is 54.3 Å². The van der Waals surface area contributed by atoms with Crippen LogP contribution in [0.2, 0.25) is 0 Å². The third-order valence-corrected chi connectivity index (χ3v) is 14.3. The van der Waals surface area contributed by atoms with Crippen molar-refractivity contribution >= 4 is 35.0 Å². The molecule has 3 aliphatic heterocycles. The molecule has 56 heavy (non-hydrogen) atoms. The predicted octanol–water partition coefficient (Wildman–Crippen LogP) is 5.10. The minimum absolute atomic E-state index is 0.0433. The fourth-order valence-electron chi connectivity index (χ4n) is 9.58. The van der Waals surface area contributed by atoms with E-state index in [1.54, 1.807) is 27.3 Å². The zero-order chi connectivity index (χ0) is 39.0. The molecular formula is C43H57N7O5S. The van der Waals surface area contributed by atoms with Crippen LogP contribution in [0.25, 0.3) is 0 Å². The molecule has 4 atom stereocenters. The van der Waals surface area contributed by atoms with Gasteiger partial charge < -0.3 is 24.8 Å². The summed E-state index contributed by atoms with van der Waals surface area (Å²) in [6.45, 7) is 9.32. The third-order valence-electron chi connectivity index (χ3n) is 13.4. The van der Waals surface area contributed by atoms with Crippen LogP contribution < -0.4 is 5.32 Å². The number of rotatable bonds is 13. The Morgan fingerprint density at radius 3 is 2.38 bits per heavy atom. The molecule has 1 spiro atoms. The molecular weight excluding hydrogens is 727 g/mol. The smallest absolute Gasteiger partial charge is 0.247 e. The Morgan fingerprint density at radius 1 is 0.964 bits per heavy atom. The molecule has 3 aromatic rings. The van der Waals surface area contributed by atoms with E-state index in [2.05, 4.69) is 41.4 Å². The van der Waals surface area contributed by atoms with Gasteiger partial charge in [-0.2, -0.15) is 5.10 Å². The maximum Gasteiger partial charge on any atom is 0.247 e. The molecule has 4 amide bonds. The summed E-state index contributed by atoms with van der Waals surface area (Å²) in [5.74, 6) is -0.561. The molecule has 1 aromatic carbocycles. The van der Waals surface area contributed by atoms with Crippen molar-refractivity contribution < 1.29 is 23.9 Å². The quantitative estimate of drug-likeness (QED) is 0.256. The fourth-order valence-corrected chi connectivity index (χ4v) is 10.4. The van der Waals surface area contributed by atoms with Gasteiger partial charge in [0.2, 0.25) is 23.6 Å². The first kappa shape index (κ1) is 38.8.